The summed E-state index contributed by atoms with van der Waals surface area (Å²) in [6.45, 7) is 0. The topological polar surface area (TPSA) is 13.1 Å². The van der Waals surface area contributed by atoms with Crippen molar-refractivity contribution in [1.29, 1.82) is 0 Å². The van der Waals surface area contributed by atoms with E-state index in [4.69, 9.17) is 59.3 Å². The summed E-state index contributed by atoms with van der Waals surface area (Å²) in [7, 11) is 40.6. The smallest absolute Gasteiger partial charge is 0.147 e. The van der Waals surface area contributed by atoms with E-state index >= 15 is 0 Å². The molecular weight excluding hydrogens is 316 g/mol. The lowest BCUT2D eigenvalue weighted by Crippen LogP contribution is -2.39. The summed E-state index contributed by atoms with van der Waals surface area (Å²) in [4.78, 5) is 0. The van der Waals surface area contributed by atoms with Crippen LogP contribution < -0.4 is 16.4 Å². The van der Waals surface area contributed by atoms with Crippen LogP contribution >= 0.6 is 15.9 Å². The van der Waals surface area contributed by atoms with Crippen molar-refractivity contribution in [2.75, 3.05) is 0 Å². The minimum absolute atomic E-state index is 0.258. The van der Waals surface area contributed by atoms with Gasteiger partial charge in [-0.1, -0.05) is 16.7 Å². The fraction of sp³-hybridized carbons (Fsp3) is 0.167. The lowest BCUT2D eigenvalue weighted by atomic mass is 9.57. The van der Waals surface area contributed by atoms with E-state index in [-0.39, 0.29) is 10.9 Å². The van der Waals surface area contributed by atoms with Gasteiger partial charge < -0.3 is 4.42 Å². The molecule has 1 aromatic carbocycles. The first kappa shape index (κ1) is 16.8. The SMILES string of the molecule is [B]/C=C(\[B])C([B])C([B])c1cc2c([B])c([B])c([B])c(Br)c2o1. The summed E-state index contributed by atoms with van der Waals surface area (Å²) in [6.07, 6.45) is 0. The summed E-state index contributed by atoms with van der Waals surface area (Å²) >= 11 is 3.33. The third-order valence-corrected chi connectivity index (χ3v) is 4.14. The highest BCUT2D eigenvalue weighted by molar-refractivity contribution is 9.10. The third kappa shape index (κ3) is 2.86. The second-order valence-corrected chi connectivity index (χ2v) is 5.46. The van der Waals surface area contributed by atoms with E-state index in [0.717, 1.165) is 0 Å². The Kier molecular flexibility index (Phi) is 5.02. The van der Waals surface area contributed by atoms with Gasteiger partial charge in [-0.25, -0.2) is 0 Å². The van der Waals surface area contributed by atoms with E-state index in [1.807, 2.05) is 0 Å². The number of hydrogen-bond donors (Lipinski definition) is 0. The first-order chi connectivity index (χ1) is 9.79. The van der Waals surface area contributed by atoms with Gasteiger partial charge in [-0.2, -0.15) is 0 Å². The summed E-state index contributed by atoms with van der Waals surface area (Å²) in [5.41, 5.74) is 1.62. The van der Waals surface area contributed by atoms with E-state index < -0.39 is 11.6 Å². The maximum Gasteiger partial charge on any atom is 0.147 e. The molecule has 1 heterocycles. The molecule has 2 atom stereocenters. The number of furan rings is 1. The van der Waals surface area contributed by atoms with Crippen LogP contribution in [0.3, 0.4) is 0 Å². The van der Waals surface area contributed by atoms with E-state index in [1.165, 1.54) is 5.98 Å². The van der Waals surface area contributed by atoms with Crippen LogP contribution in [0.1, 0.15) is 11.6 Å². The zero-order valence-corrected chi connectivity index (χ0v) is 12.7. The molecule has 0 fully saturated rings. The van der Waals surface area contributed by atoms with Gasteiger partial charge >= 0.3 is 0 Å². The lowest BCUT2D eigenvalue weighted by molar-refractivity contribution is 0.540. The molecular formula is C12H4B7BrO. The van der Waals surface area contributed by atoms with Gasteiger partial charge in [0.2, 0.25) is 0 Å². The highest BCUT2D eigenvalue weighted by Gasteiger charge is 2.20. The molecule has 86 valence electrons. The standard InChI is InChI=1S/C12H4B7BrO/c13-2-4(14)7(16)8(17)5-1-3-6(15)9(18)10(19)11(20)12(3)21-5/h1-2,7-8H/b4-2-. The molecule has 0 bridgehead atoms. The van der Waals surface area contributed by atoms with Crippen molar-refractivity contribution in [2.45, 2.75) is 11.6 Å². The van der Waals surface area contributed by atoms with Crippen molar-refractivity contribution in [1.82, 2.24) is 0 Å². The molecule has 0 aliphatic heterocycles. The molecule has 0 amide bonds. The maximum absolute atomic E-state index is 6.04. The quantitative estimate of drug-likeness (QED) is 0.656. The van der Waals surface area contributed by atoms with Crippen LogP contribution in [0.25, 0.3) is 11.0 Å². The number of rotatable bonds is 3. The molecule has 0 saturated heterocycles. The third-order valence-electron chi connectivity index (χ3n) is 3.35. The van der Waals surface area contributed by atoms with Crippen LogP contribution in [-0.2, 0) is 0 Å². The number of benzene rings is 1. The number of fused-ring (bicyclic) bond motifs is 1. The van der Waals surface area contributed by atoms with Gasteiger partial charge in [0.05, 0.1) is 25.9 Å². The molecule has 0 saturated carbocycles. The van der Waals surface area contributed by atoms with E-state index in [9.17, 15) is 0 Å². The largest absolute Gasteiger partial charge is 0.460 e. The molecule has 1 nitrogen and oxygen atoms in total. The molecule has 0 N–H and O–H groups in total. The average molecular weight is 320 g/mol. The van der Waals surface area contributed by atoms with Crippen molar-refractivity contribution in [3.8, 4) is 0 Å². The first-order valence-corrected chi connectivity index (χ1v) is 6.82. The van der Waals surface area contributed by atoms with E-state index in [0.29, 0.717) is 32.1 Å². The van der Waals surface area contributed by atoms with Crippen LogP contribution in [0.4, 0.5) is 0 Å². The second kappa shape index (κ2) is 6.28. The second-order valence-electron chi connectivity index (χ2n) is 4.66. The van der Waals surface area contributed by atoms with Gasteiger partial charge in [-0.05, 0) is 27.8 Å². The fourth-order valence-corrected chi connectivity index (χ4v) is 2.47. The van der Waals surface area contributed by atoms with Crippen molar-refractivity contribution in [3.63, 3.8) is 0 Å². The van der Waals surface area contributed by atoms with E-state index in [2.05, 4.69) is 15.9 Å². The Hall–Kier alpha value is -0.565. The number of halogens is 1. The Morgan fingerprint density at radius 1 is 1.14 bits per heavy atom. The van der Waals surface area contributed by atoms with Crippen molar-refractivity contribution < 1.29 is 4.42 Å². The predicted molar refractivity (Wildman–Crippen MR) is 97.7 cm³/mol. The number of allylic oxidation sites excluding steroid dienone is 1. The maximum atomic E-state index is 6.04. The van der Waals surface area contributed by atoms with Crippen molar-refractivity contribution in [3.05, 3.63) is 27.7 Å². The summed E-state index contributed by atoms with van der Waals surface area (Å²) in [5, 5.41) is 0.599. The average Bonchev–Trinajstić information content (AvgIpc) is 2.93. The Balaban J connectivity index is 2.59. The zero-order valence-electron chi connectivity index (χ0n) is 11.1. The number of hydrogen-bond acceptors (Lipinski definition) is 1. The Morgan fingerprint density at radius 2 is 1.76 bits per heavy atom. The lowest BCUT2D eigenvalue weighted by Gasteiger charge is -2.20. The minimum Gasteiger partial charge on any atom is -0.460 e. The van der Waals surface area contributed by atoms with Crippen LogP contribution in [-0.4, -0.2) is 54.9 Å². The van der Waals surface area contributed by atoms with Crippen LogP contribution in [0.2, 0.25) is 5.82 Å². The molecule has 1 aromatic heterocycles. The van der Waals surface area contributed by atoms with Crippen LogP contribution in [0.15, 0.2) is 26.4 Å². The molecule has 9 heteroatoms. The zero-order chi connectivity index (χ0) is 15.9. The normalized spacial score (nSPS) is 15.2. The van der Waals surface area contributed by atoms with Gasteiger partial charge in [-0.15, -0.1) is 16.9 Å². The van der Waals surface area contributed by atoms with Gasteiger partial charge in [0.15, 0.2) is 0 Å². The van der Waals surface area contributed by atoms with Gasteiger partial charge in [0.1, 0.15) is 44.8 Å². The Morgan fingerprint density at radius 3 is 2.33 bits per heavy atom. The predicted octanol–water partition coefficient (Wildman–Crippen LogP) is -1.08. The first-order valence-electron chi connectivity index (χ1n) is 6.03. The highest BCUT2D eigenvalue weighted by Crippen LogP contribution is 2.33. The van der Waals surface area contributed by atoms with Gasteiger partial charge in [0.25, 0.3) is 0 Å². The van der Waals surface area contributed by atoms with Crippen LogP contribution in [0, 0.1) is 0 Å². The minimum atomic E-state index is -0.690. The molecule has 0 aliphatic rings. The van der Waals surface area contributed by atoms with Crippen molar-refractivity contribution >= 4 is 98.2 Å². The van der Waals surface area contributed by atoms with Gasteiger partial charge in [-0.3, -0.25) is 0 Å². The van der Waals surface area contributed by atoms with Crippen LogP contribution in [0.5, 0.6) is 0 Å². The molecule has 2 aromatic rings. The molecule has 2 unspecified atom stereocenters. The summed E-state index contributed by atoms with van der Waals surface area (Å²) < 4.78 is 6.21. The molecule has 0 aliphatic carbocycles. The monoisotopic (exact) mass is 320 g/mol. The van der Waals surface area contributed by atoms with Crippen molar-refractivity contribution in [2.24, 2.45) is 0 Å². The Labute approximate surface area is 142 Å². The molecule has 14 radical (unpaired) electrons. The molecule has 2 rings (SSSR count). The molecule has 21 heavy (non-hydrogen) atoms. The van der Waals surface area contributed by atoms with Gasteiger partial charge in [0, 0.05) is 5.39 Å². The molecule has 0 spiro atoms. The Bertz CT molecular complexity index is 679. The summed E-state index contributed by atoms with van der Waals surface area (Å²) in [6, 6.07) is 1.67. The summed E-state index contributed by atoms with van der Waals surface area (Å²) in [5.74, 6) is 0.226. The highest BCUT2D eigenvalue weighted by atomic mass is 79.9. The van der Waals surface area contributed by atoms with E-state index in [1.54, 1.807) is 6.07 Å². The fourth-order valence-electron chi connectivity index (χ4n) is 1.96.